The number of carbonyl (C=O) groups excluding carboxylic acids is 1. The Morgan fingerprint density at radius 2 is 2.22 bits per heavy atom. The van der Waals surface area contributed by atoms with E-state index in [4.69, 9.17) is 5.73 Å². The topological polar surface area (TPSA) is 72.9 Å². The Labute approximate surface area is 106 Å². The number of benzene rings is 1. The van der Waals surface area contributed by atoms with Gasteiger partial charge in [0.15, 0.2) is 0 Å². The molecule has 0 spiro atoms. The van der Waals surface area contributed by atoms with Crippen molar-refractivity contribution in [2.24, 2.45) is 7.05 Å². The zero-order chi connectivity index (χ0) is 13.0. The van der Waals surface area contributed by atoms with E-state index in [1.807, 2.05) is 31.4 Å². The van der Waals surface area contributed by atoms with Crippen molar-refractivity contribution in [2.75, 3.05) is 5.73 Å². The molecule has 18 heavy (non-hydrogen) atoms. The fourth-order valence-electron chi connectivity index (χ4n) is 1.69. The summed E-state index contributed by atoms with van der Waals surface area (Å²) >= 11 is 0. The predicted molar refractivity (Wildman–Crippen MR) is 69.6 cm³/mol. The average Bonchev–Trinajstić information content (AvgIpc) is 2.76. The van der Waals surface area contributed by atoms with Crippen molar-refractivity contribution < 1.29 is 4.79 Å². The SMILES string of the molecule is Cn1cc(CNC(=O)Cc2ccccc2N)cn1. The Morgan fingerprint density at radius 1 is 1.44 bits per heavy atom. The van der Waals surface area contributed by atoms with Gasteiger partial charge in [0.2, 0.25) is 5.91 Å². The van der Waals surface area contributed by atoms with Gasteiger partial charge in [0.1, 0.15) is 0 Å². The van der Waals surface area contributed by atoms with Crippen LogP contribution in [0.15, 0.2) is 36.7 Å². The highest BCUT2D eigenvalue weighted by molar-refractivity contribution is 5.80. The zero-order valence-corrected chi connectivity index (χ0v) is 10.3. The molecule has 0 saturated heterocycles. The van der Waals surface area contributed by atoms with Crippen LogP contribution in [0, 0.1) is 0 Å². The summed E-state index contributed by atoms with van der Waals surface area (Å²) in [4.78, 5) is 11.8. The van der Waals surface area contributed by atoms with Crippen molar-refractivity contribution in [3.05, 3.63) is 47.8 Å². The highest BCUT2D eigenvalue weighted by atomic mass is 16.1. The second-order valence-electron chi connectivity index (χ2n) is 4.17. The molecule has 1 heterocycles. The number of aryl methyl sites for hydroxylation is 1. The maximum atomic E-state index is 11.8. The molecule has 2 aromatic rings. The van der Waals surface area contributed by atoms with Crippen LogP contribution in [0.25, 0.3) is 0 Å². The van der Waals surface area contributed by atoms with Crippen LogP contribution in [-0.4, -0.2) is 15.7 Å². The standard InChI is InChI=1S/C13H16N4O/c1-17-9-10(8-16-17)7-15-13(18)6-11-4-2-3-5-12(11)14/h2-5,8-9H,6-7,14H2,1H3,(H,15,18). The van der Waals surface area contributed by atoms with Crippen LogP contribution >= 0.6 is 0 Å². The van der Waals surface area contributed by atoms with Gasteiger partial charge in [0, 0.05) is 31.0 Å². The third-order valence-corrected chi connectivity index (χ3v) is 2.65. The lowest BCUT2D eigenvalue weighted by Crippen LogP contribution is -2.24. The van der Waals surface area contributed by atoms with Gasteiger partial charge in [-0.25, -0.2) is 0 Å². The van der Waals surface area contributed by atoms with Crippen LogP contribution in [0.2, 0.25) is 0 Å². The van der Waals surface area contributed by atoms with E-state index >= 15 is 0 Å². The Kier molecular flexibility index (Phi) is 3.62. The smallest absolute Gasteiger partial charge is 0.224 e. The number of nitrogens with zero attached hydrogens (tertiary/aromatic N) is 2. The van der Waals surface area contributed by atoms with E-state index < -0.39 is 0 Å². The second-order valence-corrected chi connectivity index (χ2v) is 4.17. The molecule has 0 atom stereocenters. The molecule has 0 aliphatic heterocycles. The minimum atomic E-state index is -0.0447. The van der Waals surface area contributed by atoms with Gasteiger partial charge in [0.25, 0.3) is 0 Å². The van der Waals surface area contributed by atoms with Crippen molar-refractivity contribution >= 4 is 11.6 Å². The van der Waals surface area contributed by atoms with Crippen LogP contribution in [0.5, 0.6) is 0 Å². The van der Waals surface area contributed by atoms with Crippen molar-refractivity contribution in [2.45, 2.75) is 13.0 Å². The first-order chi connectivity index (χ1) is 8.65. The van der Waals surface area contributed by atoms with Crippen molar-refractivity contribution in [1.82, 2.24) is 15.1 Å². The van der Waals surface area contributed by atoms with Gasteiger partial charge < -0.3 is 11.1 Å². The minimum absolute atomic E-state index is 0.0447. The highest BCUT2D eigenvalue weighted by Gasteiger charge is 2.06. The largest absolute Gasteiger partial charge is 0.398 e. The van der Waals surface area contributed by atoms with Crippen LogP contribution in [0.1, 0.15) is 11.1 Å². The maximum absolute atomic E-state index is 11.8. The van der Waals surface area contributed by atoms with E-state index in [1.54, 1.807) is 16.9 Å². The molecule has 0 bridgehead atoms. The van der Waals surface area contributed by atoms with E-state index in [2.05, 4.69) is 10.4 Å². The van der Waals surface area contributed by atoms with Crippen molar-refractivity contribution in [1.29, 1.82) is 0 Å². The summed E-state index contributed by atoms with van der Waals surface area (Å²) in [5.41, 5.74) is 8.26. The minimum Gasteiger partial charge on any atom is -0.398 e. The molecule has 94 valence electrons. The Hall–Kier alpha value is -2.30. The van der Waals surface area contributed by atoms with Gasteiger partial charge in [-0.3, -0.25) is 9.48 Å². The molecule has 3 N–H and O–H groups in total. The number of nitrogen functional groups attached to an aromatic ring is 1. The number of rotatable bonds is 4. The third-order valence-electron chi connectivity index (χ3n) is 2.65. The van der Waals surface area contributed by atoms with Crippen LogP contribution in [0.3, 0.4) is 0 Å². The monoisotopic (exact) mass is 244 g/mol. The summed E-state index contributed by atoms with van der Waals surface area (Å²) in [6.45, 7) is 0.486. The second kappa shape index (κ2) is 5.35. The summed E-state index contributed by atoms with van der Waals surface area (Å²) in [7, 11) is 1.84. The molecule has 0 radical (unpaired) electrons. The van der Waals surface area contributed by atoms with E-state index in [9.17, 15) is 4.79 Å². The molecule has 1 aromatic heterocycles. The highest BCUT2D eigenvalue weighted by Crippen LogP contribution is 2.10. The van der Waals surface area contributed by atoms with Crippen molar-refractivity contribution in [3.8, 4) is 0 Å². The molecule has 0 saturated carbocycles. The predicted octanol–water partition coefficient (Wildman–Crippen LogP) is 0.861. The van der Waals surface area contributed by atoms with Crippen molar-refractivity contribution in [3.63, 3.8) is 0 Å². The number of nitrogens with one attached hydrogen (secondary N) is 1. The first-order valence-corrected chi connectivity index (χ1v) is 5.73. The molecule has 2 rings (SSSR count). The number of hydrogen-bond acceptors (Lipinski definition) is 3. The van der Waals surface area contributed by atoms with Crippen LogP contribution < -0.4 is 11.1 Å². The molecular formula is C13H16N4O. The van der Waals surface area contributed by atoms with Gasteiger partial charge in [0.05, 0.1) is 12.6 Å². The number of para-hydroxylation sites is 1. The first-order valence-electron chi connectivity index (χ1n) is 5.73. The zero-order valence-electron chi connectivity index (χ0n) is 10.3. The number of anilines is 1. The molecular weight excluding hydrogens is 228 g/mol. The Morgan fingerprint density at radius 3 is 2.89 bits per heavy atom. The molecule has 0 aliphatic carbocycles. The van der Waals surface area contributed by atoms with E-state index in [0.29, 0.717) is 18.7 Å². The number of carbonyl (C=O) groups is 1. The van der Waals surface area contributed by atoms with Gasteiger partial charge in [-0.2, -0.15) is 5.10 Å². The van der Waals surface area contributed by atoms with E-state index in [0.717, 1.165) is 11.1 Å². The summed E-state index contributed by atoms with van der Waals surface area (Å²) in [6, 6.07) is 7.38. The lowest BCUT2D eigenvalue weighted by atomic mass is 10.1. The average molecular weight is 244 g/mol. The third kappa shape index (κ3) is 3.10. The fraction of sp³-hybridized carbons (Fsp3) is 0.231. The molecule has 0 fully saturated rings. The summed E-state index contributed by atoms with van der Waals surface area (Å²) in [5.74, 6) is -0.0447. The molecule has 1 amide bonds. The van der Waals surface area contributed by atoms with Gasteiger partial charge in [-0.1, -0.05) is 18.2 Å². The Balaban J connectivity index is 1.88. The number of hydrogen-bond donors (Lipinski definition) is 2. The Bertz CT molecular complexity index is 547. The van der Waals surface area contributed by atoms with Gasteiger partial charge >= 0.3 is 0 Å². The van der Waals surface area contributed by atoms with E-state index in [-0.39, 0.29) is 5.91 Å². The van der Waals surface area contributed by atoms with Crippen LogP contribution in [-0.2, 0) is 24.8 Å². The molecule has 0 aliphatic rings. The lowest BCUT2D eigenvalue weighted by molar-refractivity contribution is -0.120. The maximum Gasteiger partial charge on any atom is 0.224 e. The summed E-state index contributed by atoms with van der Waals surface area (Å²) in [6.07, 6.45) is 3.90. The number of nitrogens with two attached hydrogens (primary N) is 1. The molecule has 0 unspecified atom stereocenters. The number of amides is 1. The molecule has 5 heteroatoms. The quantitative estimate of drug-likeness (QED) is 0.783. The van der Waals surface area contributed by atoms with E-state index in [1.165, 1.54) is 0 Å². The van der Waals surface area contributed by atoms with Gasteiger partial charge in [-0.05, 0) is 11.6 Å². The normalized spacial score (nSPS) is 10.3. The summed E-state index contributed by atoms with van der Waals surface area (Å²) in [5, 5.41) is 6.88. The summed E-state index contributed by atoms with van der Waals surface area (Å²) < 4.78 is 1.71. The fourth-order valence-corrected chi connectivity index (χ4v) is 1.69. The molecule has 1 aromatic carbocycles. The van der Waals surface area contributed by atoms with Gasteiger partial charge in [-0.15, -0.1) is 0 Å². The molecule has 5 nitrogen and oxygen atoms in total. The lowest BCUT2D eigenvalue weighted by Gasteiger charge is -2.06. The van der Waals surface area contributed by atoms with Crippen LogP contribution in [0.4, 0.5) is 5.69 Å². The number of aromatic nitrogens is 2. The first kappa shape index (κ1) is 12.2.